The standard InChI is InChI=1S/C6H7N9/c7-6-13-10-4-15(6)11-2-1-8-5-3-9-14-12-5/h1-2,4H,3H2,(H2,7,13). The number of rotatable bonds is 2. The SMILES string of the molecule is Nc1nncn1N=CC=NC1=NN=NC1. The van der Waals surface area contributed by atoms with Crippen LogP contribution in [0.5, 0.6) is 0 Å². The summed E-state index contributed by atoms with van der Waals surface area (Å²) >= 11 is 0. The van der Waals surface area contributed by atoms with E-state index < -0.39 is 0 Å². The molecular weight excluding hydrogens is 198 g/mol. The van der Waals surface area contributed by atoms with Gasteiger partial charge in [0, 0.05) is 6.21 Å². The van der Waals surface area contributed by atoms with E-state index in [-0.39, 0.29) is 5.95 Å². The number of nitrogen functional groups attached to an aromatic ring is 1. The van der Waals surface area contributed by atoms with Gasteiger partial charge in [-0.15, -0.1) is 15.3 Å². The molecule has 0 bridgehead atoms. The Bertz CT molecular complexity index is 451. The molecule has 9 nitrogen and oxygen atoms in total. The first-order valence-corrected chi connectivity index (χ1v) is 4.02. The predicted molar refractivity (Wildman–Crippen MR) is 54.0 cm³/mol. The van der Waals surface area contributed by atoms with E-state index in [4.69, 9.17) is 5.73 Å². The number of anilines is 1. The van der Waals surface area contributed by atoms with Gasteiger partial charge in [-0.3, -0.25) is 0 Å². The number of hydrogen-bond donors (Lipinski definition) is 1. The molecule has 1 aliphatic heterocycles. The van der Waals surface area contributed by atoms with Crippen LogP contribution in [0.4, 0.5) is 5.95 Å². The third-order valence-corrected chi connectivity index (χ3v) is 1.47. The van der Waals surface area contributed by atoms with Gasteiger partial charge in [0.05, 0.1) is 6.21 Å². The van der Waals surface area contributed by atoms with Crippen molar-refractivity contribution in [2.24, 2.45) is 25.5 Å². The van der Waals surface area contributed by atoms with Crippen LogP contribution in [-0.2, 0) is 0 Å². The van der Waals surface area contributed by atoms with Crippen LogP contribution < -0.4 is 5.73 Å². The molecule has 0 aromatic carbocycles. The van der Waals surface area contributed by atoms with Crippen LogP contribution in [0.2, 0.25) is 0 Å². The number of nitrogens with zero attached hydrogens (tertiary/aromatic N) is 8. The van der Waals surface area contributed by atoms with Crippen molar-refractivity contribution >= 4 is 24.2 Å². The largest absolute Gasteiger partial charge is 0.366 e. The highest BCUT2D eigenvalue weighted by Gasteiger charge is 1.98. The molecule has 0 spiro atoms. The fourth-order valence-electron chi connectivity index (χ4n) is 0.825. The molecule has 15 heavy (non-hydrogen) atoms. The van der Waals surface area contributed by atoms with Crippen molar-refractivity contribution in [1.82, 2.24) is 14.9 Å². The molecule has 2 rings (SSSR count). The average Bonchev–Trinajstić information content (AvgIpc) is 2.85. The summed E-state index contributed by atoms with van der Waals surface area (Å²) in [5, 5.41) is 21.7. The first kappa shape index (κ1) is 9.12. The quantitative estimate of drug-likeness (QED) is 0.658. The van der Waals surface area contributed by atoms with E-state index in [0.29, 0.717) is 12.4 Å². The van der Waals surface area contributed by atoms with Crippen molar-refractivity contribution in [2.75, 3.05) is 12.3 Å². The van der Waals surface area contributed by atoms with Gasteiger partial charge in [-0.1, -0.05) is 0 Å². The van der Waals surface area contributed by atoms with Gasteiger partial charge < -0.3 is 5.73 Å². The molecule has 0 radical (unpaired) electrons. The molecule has 0 saturated carbocycles. The zero-order valence-electron chi connectivity index (χ0n) is 7.59. The van der Waals surface area contributed by atoms with Crippen LogP contribution >= 0.6 is 0 Å². The van der Waals surface area contributed by atoms with Gasteiger partial charge in [0.2, 0.25) is 5.95 Å². The number of hydrogen-bond acceptors (Lipinski definition) is 8. The van der Waals surface area contributed by atoms with Gasteiger partial charge >= 0.3 is 0 Å². The van der Waals surface area contributed by atoms with Crippen molar-refractivity contribution in [3.05, 3.63) is 6.33 Å². The lowest BCUT2D eigenvalue weighted by molar-refractivity contribution is 0.894. The van der Waals surface area contributed by atoms with E-state index in [1.54, 1.807) is 0 Å². The Kier molecular flexibility index (Phi) is 2.54. The Morgan fingerprint density at radius 3 is 3.07 bits per heavy atom. The molecule has 0 aliphatic carbocycles. The molecule has 0 atom stereocenters. The molecule has 9 heteroatoms. The van der Waals surface area contributed by atoms with E-state index in [1.807, 2.05) is 0 Å². The van der Waals surface area contributed by atoms with Crippen molar-refractivity contribution in [3.63, 3.8) is 0 Å². The average molecular weight is 205 g/mol. The normalized spacial score (nSPS) is 15.6. The molecule has 1 aliphatic rings. The zero-order chi connectivity index (χ0) is 10.5. The van der Waals surface area contributed by atoms with E-state index >= 15 is 0 Å². The minimum atomic E-state index is 0.211. The molecule has 2 heterocycles. The molecule has 0 amide bonds. The third kappa shape index (κ3) is 2.27. The van der Waals surface area contributed by atoms with Gasteiger partial charge in [0.25, 0.3) is 0 Å². The van der Waals surface area contributed by atoms with Crippen molar-refractivity contribution < 1.29 is 0 Å². The van der Waals surface area contributed by atoms with Crippen molar-refractivity contribution in [3.8, 4) is 0 Å². The summed E-state index contributed by atoms with van der Waals surface area (Å²) in [6.07, 6.45) is 4.30. The maximum Gasteiger partial charge on any atom is 0.242 e. The highest BCUT2D eigenvalue weighted by atomic mass is 15.5. The molecule has 1 aromatic heterocycles. The second-order valence-electron chi connectivity index (χ2n) is 2.48. The van der Waals surface area contributed by atoms with E-state index in [9.17, 15) is 0 Å². The van der Waals surface area contributed by atoms with Gasteiger partial charge in [-0.05, 0) is 5.22 Å². The molecule has 76 valence electrons. The van der Waals surface area contributed by atoms with E-state index in [2.05, 4.69) is 35.7 Å². The highest BCUT2D eigenvalue weighted by molar-refractivity contribution is 6.19. The number of aromatic nitrogens is 3. The predicted octanol–water partition coefficient (Wildman–Crippen LogP) is -0.456. The minimum absolute atomic E-state index is 0.211. The van der Waals surface area contributed by atoms with Crippen LogP contribution in [-0.4, -0.2) is 39.7 Å². The van der Waals surface area contributed by atoms with Crippen LogP contribution in [0.3, 0.4) is 0 Å². The van der Waals surface area contributed by atoms with Crippen molar-refractivity contribution in [2.45, 2.75) is 0 Å². The Hall–Kier alpha value is -2.45. The summed E-state index contributed by atoms with van der Waals surface area (Å²) in [6.45, 7) is 0.402. The molecule has 0 saturated heterocycles. The van der Waals surface area contributed by atoms with Crippen LogP contribution in [0.15, 0.2) is 31.9 Å². The highest BCUT2D eigenvalue weighted by Crippen LogP contribution is 1.94. The molecule has 0 fully saturated rings. The summed E-state index contributed by atoms with van der Waals surface area (Å²) in [4.78, 5) is 3.95. The number of aliphatic imine (C=N–C) groups is 1. The number of amidine groups is 1. The molecular formula is C6H7N9. The first-order valence-electron chi connectivity index (χ1n) is 4.02. The summed E-state index contributed by atoms with van der Waals surface area (Å²) in [6, 6.07) is 0. The first-order chi connectivity index (χ1) is 7.36. The fraction of sp³-hybridized carbons (Fsp3) is 0.167. The summed E-state index contributed by atoms with van der Waals surface area (Å²) in [7, 11) is 0. The Balaban J connectivity index is 1.93. The zero-order valence-corrected chi connectivity index (χ0v) is 7.59. The van der Waals surface area contributed by atoms with Crippen molar-refractivity contribution in [1.29, 1.82) is 0 Å². The lowest BCUT2D eigenvalue weighted by Gasteiger charge is -1.89. The monoisotopic (exact) mass is 205 g/mol. The van der Waals surface area contributed by atoms with Gasteiger partial charge in [0.15, 0.2) is 5.84 Å². The lowest BCUT2D eigenvalue weighted by Crippen LogP contribution is -1.98. The molecule has 0 unspecified atom stereocenters. The minimum Gasteiger partial charge on any atom is -0.366 e. The molecule has 2 N–H and O–H groups in total. The maximum absolute atomic E-state index is 5.42. The van der Waals surface area contributed by atoms with Crippen LogP contribution in [0, 0.1) is 0 Å². The third-order valence-electron chi connectivity index (χ3n) is 1.47. The second kappa shape index (κ2) is 4.17. The number of nitrogens with two attached hydrogens (primary N) is 1. The Morgan fingerprint density at radius 2 is 2.40 bits per heavy atom. The van der Waals surface area contributed by atoms with Crippen LogP contribution in [0.1, 0.15) is 0 Å². The summed E-state index contributed by atoms with van der Waals surface area (Å²) in [5.41, 5.74) is 5.42. The topological polar surface area (TPSA) is 119 Å². The Labute approximate surface area is 84.1 Å². The van der Waals surface area contributed by atoms with Gasteiger partial charge in [0.1, 0.15) is 12.9 Å². The van der Waals surface area contributed by atoms with E-state index in [1.165, 1.54) is 23.4 Å². The Morgan fingerprint density at radius 1 is 1.47 bits per heavy atom. The summed E-state index contributed by atoms with van der Waals surface area (Å²) in [5.74, 6) is 0.751. The van der Waals surface area contributed by atoms with Crippen LogP contribution in [0.25, 0.3) is 0 Å². The summed E-state index contributed by atoms with van der Waals surface area (Å²) < 4.78 is 1.32. The van der Waals surface area contributed by atoms with Gasteiger partial charge in [-0.25, -0.2) is 4.99 Å². The van der Waals surface area contributed by atoms with Gasteiger partial charge in [-0.2, -0.15) is 14.9 Å². The smallest absolute Gasteiger partial charge is 0.242 e. The fourth-order valence-corrected chi connectivity index (χ4v) is 0.825. The second-order valence-corrected chi connectivity index (χ2v) is 2.48. The lowest BCUT2D eigenvalue weighted by atomic mass is 10.6. The van der Waals surface area contributed by atoms with E-state index in [0.717, 1.165) is 0 Å². The maximum atomic E-state index is 5.42. The molecule has 1 aromatic rings.